The van der Waals surface area contributed by atoms with E-state index in [2.05, 4.69) is 40.7 Å². The molecule has 4 heteroatoms. The number of nitrogens with one attached hydrogen (secondary N) is 2. The SMILES string of the molecule is CNc1cncc(NCCCCN(C)C)c1. The Morgan fingerprint density at radius 3 is 2.62 bits per heavy atom. The molecule has 4 nitrogen and oxygen atoms in total. The van der Waals surface area contributed by atoms with E-state index in [1.54, 1.807) is 0 Å². The second-order valence-corrected chi connectivity index (χ2v) is 4.15. The van der Waals surface area contributed by atoms with Crippen LogP contribution in [0, 0.1) is 0 Å². The minimum Gasteiger partial charge on any atom is -0.387 e. The van der Waals surface area contributed by atoms with Crippen molar-refractivity contribution in [2.75, 3.05) is 44.9 Å². The maximum Gasteiger partial charge on any atom is 0.0547 e. The molecule has 0 saturated carbocycles. The van der Waals surface area contributed by atoms with Crippen LogP contribution >= 0.6 is 0 Å². The molecule has 2 N–H and O–H groups in total. The van der Waals surface area contributed by atoms with Crippen LogP contribution in [0.3, 0.4) is 0 Å². The maximum absolute atomic E-state index is 4.15. The zero-order valence-electron chi connectivity index (χ0n) is 10.5. The molecule has 0 spiro atoms. The van der Waals surface area contributed by atoms with Gasteiger partial charge in [-0.25, -0.2) is 0 Å². The highest BCUT2D eigenvalue weighted by molar-refractivity contribution is 5.53. The molecule has 1 rings (SSSR count). The molecular formula is C12H22N4. The second kappa shape index (κ2) is 7.06. The summed E-state index contributed by atoms with van der Waals surface area (Å²) in [7, 11) is 6.11. The zero-order chi connectivity index (χ0) is 11.8. The van der Waals surface area contributed by atoms with Crippen LogP contribution in [-0.4, -0.2) is 44.1 Å². The molecule has 0 fully saturated rings. The third kappa shape index (κ3) is 4.98. The Bertz CT molecular complexity index is 299. The van der Waals surface area contributed by atoms with Crippen LogP contribution in [0.25, 0.3) is 0 Å². The molecule has 0 unspecified atom stereocenters. The van der Waals surface area contributed by atoms with Crippen molar-refractivity contribution >= 4 is 11.4 Å². The number of pyridine rings is 1. The molecule has 1 heterocycles. The second-order valence-electron chi connectivity index (χ2n) is 4.15. The number of aromatic nitrogens is 1. The molecule has 0 amide bonds. The molecule has 1 aromatic heterocycles. The van der Waals surface area contributed by atoms with Crippen molar-refractivity contribution in [1.82, 2.24) is 9.88 Å². The van der Waals surface area contributed by atoms with Crippen molar-refractivity contribution < 1.29 is 0 Å². The van der Waals surface area contributed by atoms with Crippen molar-refractivity contribution in [2.45, 2.75) is 12.8 Å². The number of hydrogen-bond donors (Lipinski definition) is 2. The van der Waals surface area contributed by atoms with Crippen molar-refractivity contribution in [3.05, 3.63) is 18.5 Å². The highest BCUT2D eigenvalue weighted by Crippen LogP contribution is 2.11. The predicted octanol–water partition coefficient (Wildman–Crippen LogP) is 1.88. The lowest BCUT2D eigenvalue weighted by molar-refractivity contribution is 0.396. The van der Waals surface area contributed by atoms with Gasteiger partial charge < -0.3 is 15.5 Å². The van der Waals surface area contributed by atoms with Gasteiger partial charge in [0.15, 0.2) is 0 Å². The Morgan fingerprint density at radius 1 is 1.19 bits per heavy atom. The third-order valence-electron chi connectivity index (χ3n) is 2.39. The summed E-state index contributed by atoms with van der Waals surface area (Å²) in [5.41, 5.74) is 2.12. The van der Waals surface area contributed by atoms with Crippen LogP contribution in [0.15, 0.2) is 18.5 Å². The van der Waals surface area contributed by atoms with Gasteiger partial charge in [-0.1, -0.05) is 0 Å². The number of hydrogen-bond acceptors (Lipinski definition) is 4. The van der Waals surface area contributed by atoms with E-state index in [-0.39, 0.29) is 0 Å². The van der Waals surface area contributed by atoms with Crippen molar-refractivity contribution in [1.29, 1.82) is 0 Å². The Labute approximate surface area is 98.1 Å². The largest absolute Gasteiger partial charge is 0.387 e. The first-order chi connectivity index (χ1) is 7.72. The van der Waals surface area contributed by atoms with Gasteiger partial charge in [-0.3, -0.25) is 4.98 Å². The van der Waals surface area contributed by atoms with Crippen LogP contribution in [0.2, 0.25) is 0 Å². The molecule has 16 heavy (non-hydrogen) atoms. The Balaban J connectivity index is 2.21. The van der Waals surface area contributed by atoms with E-state index < -0.39 is 0 Å². The van der Waals surface area contributed by atoms with E-state index in [4.69, 9.17) is 0 Å². The fourth-order valence-corrected chi connectivity index (χ4v) is 1.46. The molecule has 0 bridgehead atoms. The fraction of sp³-hybridized carbons (Fsp3) is 0.583. The number of nitrogens with zero attached hydrogens (tertiary/aromatic N) is 2. The summed E-state index contributed by atoms with van der Waals surface area (Å²) >= 11 is 0. The normalized spacial score (nSPS) is 10.5. The number of unbranched alkanes of at least 4 members (excludes halogenated alkanes) is 1. The molecule has 0 radical (unpaired) electrons. The summed E-state index contributed by atoms with van der Waals surface area (Å²) in [5.74, 6) is 0. The van der Waals surface area contributed by atoms with Gasteiger partial charge in [0.25, 0.3) is 0 Å². The quantitative estimate of drug-likeness (QED) is 0.691. The highest BCUT2D eigenvalue weighted by Gasteiger charge is 1.95. The summed E-state index contributed by atoms with van der Waals surface area (Å²) in [6.45, 7) is 2.15. The zero-order valence-corrected chi connectivity index (χ0v) is 10.5. The Hall–Kier alpha value is -1.29. The predicted molar refractivity (Wildman–Crippen MR) is 70.1 cm³/mol. The van der Waals surface area contributed by atoms with E-state index >= 15 is 0 Å². The van der Waals surface area contributed by atoms with Crippen molar-refractivity contribution in [3.63, 3.8) is 0 Å². The molecule has 0 aromatic carbocycles. The van der Waals surface area contributed by atoms with Crippen LogP contribution in [0.1, 0.15) is 12.8 Å². The standard InChI is InChI=1S/C12H22N4/c1-13-11-8-12(10-14-9-11)15-6-4-5-7-16(2)3/h8-10,13,15H,4-7H2,1-3H3. The molecule has 0 saturated heterocycles. The molecule has 1 aromatic rings. The molecular weight excluding hydrogens is 200 g/mol. The first-order valence-electron chi connectivity index (χ1n) is 5.74. The molecule has 0 aliphatic carbocycles. The van der Waals surface area contributed by atoms with Gasteiger partial charge in [0, 0.05) is 13.6 Å². The van der Waals surface area contributed by atoms with Crippen molar-refractivity contribution in [3.8, 4) is 0 Å². The third-order valence-corrected chi connectivity index (χ3v) is 2.39. The lowest BCUT2D eigenvalue weighted by atomic mass is 10.3. The van der Waals surface area contributed by atoms with Gasteiger partial charge in [0.1, 0.15) is 0 Å². The minimum absolute atomic E-state index is 1.00. The summed E-state index contributed by atoms with van der Waals surface area (Å²) in [4.78, 5) is 6.36. The molecule has 90 valence electrons. The minimum atomic E-state index is 1.00. The van der Waals surface area contributed by atoms with Crippen LogP contribution in [0.4, 0.5) is 11.4 Å². The lowest BCUT2D eigenvalue weighted by Gasteiger charge is -2.10. The van der Waals surface area contributed by atoms with Crippen LogP contribution < -0.4 is 10.6 Å². The van der Waals surface area contributed by atoms with Gasteiger partial charge in [-0.15, -0.1) is 0 Å². The summed E-state index contributed by atoms with van der Waals surface area (Å²) < 4.78 is 0. The average Bonchev–Trinajstić information content (AvgIpc) is 2.28. The van der Waals surface area contributed by atoms with Gasteiger partial charge in [0.2, 0.25) is 0 Å². The summed E-state index contributed by atoms with van der Waals surface area (Å²) in [6, 6.07) is 2.07. The monoisotopic (exact) mass is 222 g/mol. The Morgan fingerprint density at radius 2 is 1.94 bits per heavy atom. The highest BCUT2D eigenvalue weighted by atomic mass is 15.0. The van der Waals surface area contributed by atoms with Gasteiger partial charge in [-0.2, -0.15) is 0 Å². The van der Waals surface area contributed by atoms with E-state index in [1.807, 2.05) is 19.4 Å². The van der Waals surface area contributed by atoms with E-state index in [0.29, 0.717) is 0 Å². The van der Waals surface area contributed by atoms with E-state index in [9.17, 15) is 0 Å². The maximum atomic E-state index is 4.15. The van der Waals surface area contributed by atoms with E-state index in [0.717, 1.165) is 24.5 Å². The number of anilines is 2. The number of rotatable bonds is 7. The van der Waals surface area contributed by atoms with Gasteiger partial charge in [0.05, 0.1) is 23.8 Å². The van der Waals surface area contributed by atoms with Crippen LogP contribution in [0.5, 0.6) is 0 Å². The molecule has 0 aliphatic heterocycles. The summed E-state index contributed by atoms with van der Waals surface area (Å²) in [5, 5.41) is 6.45. The lowest BCUT2D eigenvalue weighted by Crippen LogP contribution is -2.14. The average molecular weight is 222 g/mol. The molecule has 0 atom stereocenters. The Kier molecular flexibility index (Phi) is 5.64. The van der Waals surface area contributed by atoms with Crippen molar-refractivity contribution in [2.24, 2.45) is 0 Å². The first-order valence-corrected chi connectivity index (χ1v) is 5.74. The molecule has 0 aliphatic rings. The fourth-order valence-electron chi connectivity index (χ4n) is 1.46. The van der Waals surface area contributed by atoms with Crippen LogP contribution in [-0.2, 0) is 0 Å². The van der Waals surface area contributed by atoms with Gasteiger partial charge >= 0.3 is 0 Å². The summed E-state index contributed by atoms with van der Waals surface area (Å²) in [6.07, 6.45) is 6.07. The smallest absolute Gasteiger partial charge is 0.0547 e. The topological polar surface area (TPSA) is 40.2 Å². The van der Waals surface area contributed by atoms with E-state index in [1.165, 1.54) is 12.8 Å². The first kappa shape index (κ1) is 12.8. The van der Waals surface area contributed by atoms with Gasteiger partial charge in [-0.05, 0) is 39.5 Å².